The molecule has 2 aromatic rings. The minimum absolute atomic E-state index is 0.329. The molecular weight excluding hydrogens is 319 g/mol. The first-order valence-corrected chi connectivity index (χ1v) is 7.06. The zero-order valence-electron chi connectivity index (χ0n) is 11.3. The van der Waals surface area contributed by atoms with Gasteiger partial charge in [-0.1, -0.05) is 6.07 Å². The number of nitrogens with one attached hydrogen (secondary N) is 3. The van der Waals surface area contributed by atoms with Gasteiger partial charge in [-0.15, -0.1) is 11.3 Å². The van der Waals surface area contributed by atoms with E-state index in [0.29, 0.717) is 12.3 Å². The minimum Gasteiger partial charge on any atom is -0.331 e. The van der Waals surface area contributed by atoms with Crippen molar-refractivity contribution in [3.05, 3.63) is 50.6 Å². The van der Waals surface area contributed by atoms with Crippen LogP contribution in [0.4, 0.5) is 23.7 Å². The van der Waals surface area contributed by atoms with E-state index in [9.17, 15) is 22.8 Å². The molecule has 0 bridgehead atoms. The van der Waals surface area contributed by atoms with E-state index in [1.165, 1.54) is 11.3 Å². The number of rotatable bonds is 3. The molecule has 0 aliphatic carbocycles. The second-order valence-electron chi connectivity index (χ2n) is 4.46. The van der Waals surface area contributed by atoms with Gasteiger partial charge in [0.25, 0.3) is 5.56 Å². The Morgan fingerprint density at radius 2 is 2.14 bits per heavy atom. The van der Waals surface area contributed by atoms with Crippen LogP contribution in [0.2, 0.25) is 0 Å². The Bertz CT molecular complexity index is 710. The van der Waals surface area contributed by atoms with Crippen molar-refractivity contribution < 1.29 is 18.0 Å². The first-order chi connectivity index (χ1) is 10.3. The second-order valence-corrected chi connectivity index (χ2v) is 5.44. The number of aromatic nitrogens is 1. The van der Waals surface area contributed by atoms with E-state index in [2.05, 4.69) is 10.6 Å². The summed E-state index contributed by atoms with van der Waals surface area (Å²) >= 11 is 1.43. The normalized spacial score (nSPS) is 12.7. The number of thiophene rings is 1. The van der Waals surface area contributed by atoms with Crippen molar-refractivity contribution in [2.24, 2.45) is 0 Å². The van der Waals surface area contributed by atoms with E-state index in [1.807, 2.05) is 22.5 Å². The average Bonchev–Trinajstić information content (AvgIpc) is 2.94. The number of halogens is 3. The van der Waals surface area contributed by atoms with E-state index in [4.69, 9.17) is 0 Å². The Balaban J connectivity index is 2.10. The van der Waals surface area contributed by atoms with Gasteiger partial charge in [-0.05, 0) is 24.4 Å². The lowest BCUT2D eigenvalue weighted by molar-refractivity contribution is -0.137. The molecule has 9 heteroatoms. The zero-order chi connectivity index (χ0) is 16.3. The van der Waals surface area contributed by atoms with Crippen LogP contribution in [0.5, 0.6) is 0 Å². The van der Waals surface area contributed by atoms with Crippen LogP contribution in [-0.2, 0) is 6.18 Å². The van der Waals surface area contributed by atoms with Crippen molar-refractivity contribution in [1.82, 2.24) is 10.3 Å². The fourth-order valence-corrected chi connectivity index (χ4v) is 2.44. The largest absolute Gasteiger partial charge is 0.417 e. The number of amides is 2. The van der Waals surface area contributed by atoms with Crippen molar-refractivity contribution in [2.45, 2.75) is 19.1 Å². The number of pyridine rings is 1. The summed E-state index contributed by atoms with van der Waals surface area (Å²) in [4.78, 5) is 26.1. The SMILES string of the molecule is CC(NC(=O)Nc1cc(C(F)(F)F)c[nH]c1=O)c1cccs1. The highest BCUT2D eigenvalue weighted by Crippen LogP contribution is 2.29. The lowest BCUT2D eigenvalue weighted by Crippen LogP contribution is -2.33. The third kappa shape index (κ3) is 3.88. The summed E-state index contributed by atoms with van der Waals surface area (Å²) in [5.74, 6) is 0. The van der Waals surface area contributed by atoms with Crippen LogP contribution >= 0.6 is 11.3 Å². The number of carbonyl (C=O) groups is 1. The number of H-pyrrole nitrogens is 1. The maximum Gasteiger partial charge on any atom is 0.417 e. The molecule has 0 saturated heterocycles. The molecule has 1 atom stereocenters. The highest BCUT2D eigenvalue weighted by Gasteiger charge is 2.31. The van der Waals surface area contributed by atoms with Crippen LogP contribution in [-0.4, -0.2) is 11.0 Å². The van der Waals surface area contributed by atoms with Gasteiger partial charge in [0.15, 0.2) is 0 Å². The van der Waals surface area contributed by atoms with Gasteiger partial charge in [0.1, 0.15) is 5.69 Å². The van der Waals surface area contributed by atoms with Crippen molar-refractivity contribution in [3.8, 4) is 0 Å². The van der Waals surface area contributed by atoms with Gasteiger partial charge in [0.2, 0.25) is 0 Å². The number of carbonyl (C=O) groups excluding carboxylic acids is 1. The molecule has 0 radical (unpaired) electrons. The summed E-state index contributed by atoms with van der Waals surface area (Å²) < 4.78 is 37.8. The summed E-state index contributed by atoms with van der Waals surface area (Å²) in [5.41, 5.74) is -2.33. The monoisotopic (exact) mass is 331 g/mol. The van der Waals surface area contributed by atoms with Crippen LogP contribution in [0.15, 0.2) is 34.6 Å². The molecule has 2 heterocycles. The van der Waals surface area contributed by atoms with Gasteiger partial charge in [-0.2, -0.15) is 13.2 Å². The van der Waals surface area contributed by atoms with E-state index in [-0.39, 0.29) is 6.04 Å². The Morgan fingerprint density at radius 1 is 1.41 bits per heavy atom. The van der Waals surface area contributed by atoms with Gasteiger partial charge < -0.3 is 15.6 Å². The molecule has 0 saturated carbocycles. The molecule has 0 aliphatic rings. The second kappa shape index (κ2) is 6.22. The quantitative estimate of drug-likeness (QED) is 0.807. The molecule has 0 fully saturated rings. The number of hydrogen-bond donors (Lipinski definition) is 3. The fraction of sp³-hybridized carbons (Fsp3) is 0.231. The van der Waals surface area contributed by atoms with Gasteiger partial charge in [0.05, 0.1) is 11.6 Å². The first kappa shape index (κ1) is 16.1. The topological polar surface area (TPSA) is 74.0 Å². The Kier molecular flexibility index (Phi) is 4.55. The minimum atomic E-state index is -4.61. The van der Waals surface area contributed by atoms with Crippen LogP contribution in [0, 0.1) is 0 Å². The Morgan fingerprint density at radius 3 is 2.73 bits per heavy atom. The summed E-state index contributed by atoms with van der Waals surface area (Å²) in [6.45, 7) is 1.72. The standard InChI is InChI=1S/C13H12F3N3O2S/c1-7(10-3-2-4-22-10)18-12(21)19-9-5-8(13(14,15)16)6-17-11(9)20/h2-7H,1H3,(H,17,20)(H2,18,19,21). The summed E-state index contributed by atoms with van der Waals surface area (Å²) in [7, 11) is 0. The number of aromatic amines is 1. The molecule has 0 aromatic carbocycles. The molecule has 5 nitrogen and oxygen atoms in total. The van der Waals surface area contributed by atoms with Crippen molar-refractivity contribution in [2.75, 3.05) is 5.32 Å². The molecule has 0 spiro atoms. The van der Waals surface area contributed by atoms with Crippen molar-refractivity contribution >= 4 is 23.1 Å². The summed E-state index contributed by atoms with van der Waals surface area (Å²) in [6, 6.07) is 3.13. The predicted molar refractivity (Wildman–Crippen MR) is 77.0 cm³/mol. The molecule has 22 heavy (non-hydrogen) atoms. The summed E-state index contributed by atoms with van der Waals surface area (Å²) in [5, 5.41) is 6.51. The average molecular weight is 331 g/mol. The molecule has 1 unspecified atom stereocenters. The molecular formula is C13H12F3N3O2S. The highest BCUT2D eigenvalue weighted by molar-refractivity contribution is 7.10. The van der Waals surface area contributed by atoms with E-state index >= 15 is 0 Å². The lowest BCUT2D eigenvalue weighted by Gasteiger charge is -2.13. The highest BCUT2D eigenvalue weighted by atomic mass is 32.1. The van der Waals surface area contributed by atoms with E-state index in [1.54, 1.807) is 6.92 Å². The third-order valence-corrected chi connectivity index (χ3v) is 3.85. The number of anilines is 1. The molecule has 2 rings (SSSR count). The smallest absolute Gasteiger partial charge is 0.331 e. The van der Waals surface area contributed by atoms with Gasteiger partial charge in [0, 0.05) is 11.1 Å². The predicted octanol–water partition coefficient (Wildman–Crippen LogP) is 3.34. The van der Waals surface area contributed by atoms with Gasteiger partial charge in [-0.25, -0.2) is 4.79 Å². The first-order valence-electron chi connectivity index (χ1n) is 6.18. The third-order valence-electron chi connectivity index (χ3n) is 2.80. The Labute approximate surface area is 127 Å². The van der Waals surface area contributed by atoms with Crippen molar-refractivity contribution in [1.29, 1.82) is 0 Å². The maximum atomic E-state index is 12.6. The maximum absolute atomic E-state index is 12.6. The molecule has 0 aliphatic heterocycles. The van der Waals surface area contributed by atoms with Crippen LogP contribution in [0.3, 0.4) is 0 Å². The lowest BCUT2D eigenvalue weighted by atomic mass is 10.2. The summed E-state index contributed by atoms with van der Waals surface area (Å²) in [6.07, 6.45) is -4.05. The van der Waals surface area contributed by atoms with Crippen LogP contribution in [0.1, 0.15) is 23.4 Å². The fourth-order valence-electron chi connectivity index (χ4n) is 1.70. The van der Waals surface area contributed by atoms with Crippen molar-refractivity contribution in [3.63, 3.8) is 0 Å². The van der Waals surface area contributed by atoms with Crippen LogP contribution in [0.25, 0.3) is 0 Å². The molecule has 2 amide bonds. The van der Waals surface area contributed by atoms with Gasteiger partial charge in [-0.3, -0.25) is 4.79 Å². The number of alkyl halides is 3. The molecule has 3 N–H and O–H groups in total. The number of hydrogen-bond acceptors (Lipinski definition) is 3. The van der Waals surface area contributed by atoms with Gasteiger partial charge >= 0.3 is 12.2 Å². The zero-order valence-corrected chi connectivity index (χ0v) is 12.1. The number of urea groups is 1. The Hall–Kier alpha value is -2.29. The van der Waals surface area contributed by atoms with E-state index < -0.39 is 29.0 Å². The van der Waals surface area contributed by atoms with E-state index in [0.717, 1.165) is 4.88 Å². The molecule has 118 valence electrons. The molecule has 2 aromatic heterocycles. The van der Waals surface area contributed by atoms with Crippen LogP contribution < -0.4 is 16.2 Å².